The lowest BCUT2D eigenvalue weighted by atomic mass is 10.1. The highest BCUT2D eigenvalue weighted by atomic mass is 32.2. The van der Waals surface area contributed by atoms with E-state index in [4.69, 9.17) is 5.14 Å². The molecule has 0 aliphatic heterocycles. The molecule has 8 nitrogen and oxygen atoms in total. The van der Waals surface area contributed by atoms with Crippen LogP contribution in [0.25, 0.3) is 0 Å². The normalized spacial score (nSPS) is 11.9. The molecular formula is C15H25N5O3S. The molecule has 1 rings (SSSR count). The number of rotatable bonds is 8. The molecule has 0 aliphatic carbocycles. The monoisotopic (exact) mass is 355 g/mol. The smallest absolute Gasteiger partial charge is 0.251 e. The quantitative estimate of drug-likeness (QED) is 0.367. The van der Waals surface area contributed by atoms with Gasteiger partial charge in [-0.05, 0) is 31.0 Å². The third-order valence-corrected chi connectivity index (χ3v) is 3.86. The van der Waals surface area contributed by atoms with Crippen LogP contribution in [0.4, 0.5) is 0 Å². The molecule has 24 heavy (non-hydrogen) atoms. The number of carbonyl (C=O) groups excluding carboxylic acids is 1. The number of aliphatic imine (C=N–C) groups is 1. The van der Waals surface area contributed by atoms with Crippen molar-refractivity contribution in [2.45, 2.75) is 13.3 Å². The van der Waals surface area contributed by atoms with Crippen molar-refractivity contribution in [1.29, 1.82) is 0 Å². The van der Waals surface area contributed by atoms with Gasteiger partial charge in [0.25, 0.3) is 5.91 Å². The number of hydrogen-bond acceptors (Lipinski definition) is 4. The Labute approximate surface area is 143 Å². The Morgan fingerprint density at radius 2 is 2.04 bits per heavy atom. The molecule has 0 fully saturated rings. The van der Waals surface area contributed by atoms with Gasteiger partial charge < -0.3 is 16.0 Å². The molecule has 0 aliphatic rings. The summed E-state index contributed by atoms with van der Waals surface area (Å²) in [5.74, 6) is 0.212. The minimum absolute atomic E-state index is 0.0975. The maximum absolute atomic E-state index is 11.6. The molecule has 0 spiro atoms. The predicted octanol–water partition coefficient (Wildman–Crippen LogP) is -0.568. The molecule has 1 aromatic rings. The first-order valence-corrected chi connectivity index (χ1v) is 9.41. The van der Waals surface area contributed by atoms with E-state index in [9.17, 15) is 13.2 Å². The summed E-state index contributed by atoms with van der Waals surface area (Å²) in [6.07, 6.45) is 0.699. The van der Waals surface area contributed by atoms with E-state index in [2.05, 4.69) is 20.9 Å². The molecule has 0 radical (unpaired) electrons. The Balaban J connectivity index is 2.56. The highest BCUT2D eigenvalue weighted by Crippen LogP contribution is 2.05. The molecule has 0 atom stereocenters. The fourth-order valence-electron chi connectivity index (χ4n) is 1.96. The maximum atomic E-state index is 11.6. The summed E-state index contributed by atoms with van der Waals surface area (Å²) in [6, 6.07) is 7.38. The predicted molar refractivity (Wildman–Crippen MR) is 95.5 cm³/mol. The molecule has 0 aromatic heterocycles. The molecule has 0 bridgehead atoms. The zero-order valence-electron chi connectivity index (χ0n) is 14.0. The molecule has 134 valence electrons. The minimum Gasteiger partial charge on any atom is -0.357 e. The van der Waals surface area contributed by atoms with Gasteiger partial charge in [0.15, 0.2) is 5.96 Å². The highest BCUT2D eigenvalue weighted by molar-refractivity contribution is 7.89. The first kappa shape index (κ1) is 19.9. The van der Waals surface area contributed by atoms with E-state index >= 15 is 0 Å². The molecule has 0 heterocycles. The lowest BCUT2D eigenvalue weighted by Crippen LogP contribution is -2.38. The van der Waals surface area contributed by atoms with Crippen LogP contribution in [0, 0.1) is 0 Å². The Morgan fingerprint density at radius 1 is 1.29 bits per heavy atom. The van der Waals surface area contributed by atoms with E-state index in [1.165, 1.54) is 0 Å². The van der Waals surface area contributed by atoms with Gasteiger partial charge in [-0.1, -0.05) is 12.1 Å². The van der Waals surface area contributed by atoms with Crippen LogP contribution in [0.3, 0.4) is 0 Å². The van der Waals surface area contributed by atoms with Crippen LogP contribution in [-0.4, -0.2) is 52.7 Å². The van der Waals surface area contributed by atoms with E-state index in [-0.39, 0.29) is 18.2 Å². The summed E-state index contributed by atoms with van der Waals surface area (Å²) in [5, 5.41) is 13.7. The van der Waals surface area contributed by atoms with Gasteiger partial charge in [-0.15, -0.1) is 0 Å². The number of guanidine groups is 1. The molecule has 1 amide bonds. The lowest BCUT2D eigenvalue weighted by Gasteiger charge is -2.11. The molecule has 0 saturated carbocycles. The first-order valence-electron chi connectivity index (χ1n) is 7.69. The van der Waals surface area contributed by atoms with Gasteiger partial charge in [-0.25, -0.2) is 13.6 Å². The van der Waals surface area contributed by atoms with Gasteiger partial charge in [-0.2, -0.15) is 0 Å². The Bertz CT molecular complexity index is 673. The number of hydrogen-bond donors (Lipinski definition) is 4. The first-order chi connectivity index (χ1) is 11.4. The number of primary sulfonamides is 1. The largest absolute Gasteiger partial charge is 0.357 e. The topological polar surface area (TPSA) is 126 Å². The van der Waals surface area contributed by atoms with Crippen LogP contribution >= 0.6 is 0 Å². The number of benzene rings is 1. The highest BCUT2D eigenvalue weighted by Gasteiger charge is 2.05. The average Bonchev–Trinajstić information content (AvgIpc) is 2.53. The van der Waals surface area contributed by atoms with Crippen LogP contribution in [0.1, 0.15) is 22.8 Å². The molecular weight excluding hydrogens is 330 g/mol. The second-order valence-electron chi connectivity index (χ2n) is 5.08. The summed E-state index contributed by atoms with van der Waals surface area (Å²) >= 11 is 0. The third kappa shape index (κ3) is 7.93. The standard InChI is InChI=1S/C15H25N5O3S/c1-3-18-15(20-9-10-24(16,22)23)19-8-7-12-5-4-6-13(11-12)14(21)17-2/h4-6,11H,3,7-10H2,1-2H3,(H,17,21)(H2,16,22,23)(H2,18,19,20). The molecule has 1 aromatic carbocycles. The second-order valence-corrected chi connectivity index (χ2v) is 6.82. The zero-order valence-corrected chi connectivity index (χ0v) is 14.8. The number of carbonyl (C=O) groups is 1. The second kappa shape index (κ2) is 9.89. The molecule has 0 saturated heterocycles. The number of nitrogens with one attached hydrogen (secondary N) is 3. The van der Waals surface area contributed by atoms with E-state index in [0.717, 1.165) is 5.56 Å². The summed E-state index contributed by atoms with van der Waals surface area (Å²) < 4.78 is 21.8. The van der Waals surface area contributed by atoms with Crippen molar-refractivity contribution in [3.8, 4) is 0 Å². The average molecular weight is 355 g/mol. The van der Waals surface area contributed by atoms with Crippen LogP contribution in [0.2, 0.25) is 0 Å². The molecule has 9 heteroatoms. The van der Waals surface area contributed by atoms with Crippen molar-refractivity contribution in [2.75, 3.05) is 32.4 Å². The van der Waals surface area contributed by atoms with E-state index in [0.29, 0.717) is 31.0 Å². The van der Waals surface area contributed by atoms with Gasteiger partial charge in [0.05, 0.1) is 12.3 Å². The number of amides is 1. The fourth-order valence-corrected chi connectivity index (χ4v) is 2.31. The van der Waals surface area contributed by atoms with Crippen LogP contribution in [-0.2, 0) is 16.4 Å². The molecule has 5 N–H and O–H groups in total. The van der Waals surface area contributed by atoms with Crippen molar-refractivity contribution in [3.63, 3.8) is 0 Å². The maximum Gasteiger partial charge on any atom is 0.251 e. The van der Waals surface area contributed by atoms with Crippen LogP contribution < -0.4 is 21.1 Å². The van der Waals surface area contributed by atoms with Gasteiger partial charge in [0, 0.05) is 25.7 Å². The summed E-state index contributed by atoms with van der Waals surface area (Å²) in [6.45, 7) is 3.27. The summed E-state index contributed by atoms with van der Waals surface area (Å²) in [5.41, 5.74) is 1.63. The van der Waals surface area contributed by atoms with E-state index in [1.807, 2.05) is 25.1 Å². The van der Waals surface area contributed by atoms with Crippen molar-refractivity contribution >= 4 is 21.9 Å². The van der Waals surface area contributed by atoms with Crippen molar-refractivity contribution in [2.24, 2.45) is 10.1 Å². The van der Waals surface area contributed by atoms with Crippen molar-refractivity contribution < 1.29 is 13.2 Å². The summed E-state index contributed by atoms with van der Waals surface area (Å²) in [4.78, 5) is 15.8. The fraction of sp³-hybridized carbons (Fsp3) is 0.467. The summed E-state index contributed by atoms with van der Waals surface area (Å²) in [7, 11) is -1.92. The Kier molecular flexibility index (Phi) is 8.20. The van der Waals surface area contributed by atoms with Crippen LogP contribution in [0.5, 0.6) is 0 Å². The van der Waals surface area contributed by atoms with Crippen molar-refractivity contribution in [1.82, 2.24) is 16.0 Å². The zero-order chi connectivity index (χ0) is 18.0. The van der Waals surface area contributed by atoms with Crippen molar-refractivity contribution in [3.05, 3.63) is 35.4 Å². The number of nitrogens with zero attached hydrogens (tertiary/aromatic N) is 1. The number of nitrogens with two attached hydrogens (primary N) is 1. The Morgan fingerprint density at radius 3 is 2.67 bits per heavy atom. The van der Waals surface area contributed by atoms with Crippen LogP contribution in [0.15, 0.2) is 29.3 Å². The van der Waals surface area contributed by atoms with E-state index < -0.39 is 10.0 Å². The van der Waals surface area contributed by atoms with E-state index in [1.54, 1.807) is 13.1 Å². The number of sulfonamides is 1. The molecule has 0 unspecified atom stereocenters. The van der Waals surface area contributed by atoms with Gasteiger partial charge in [-0.3, -0.25) is 9.79 Å². The minimum atomic E-state index is -3.51. The van der Waals surface area contributed by atoms with Gasteiger partial charge >= 0.3 is 0 Å². The Hall–Kier alpha value is -2.13. The lowest BCUT2D eigenvalue weighted by molar-refractivity contribution is 0.0963. The SMILES string of the molecule is CCNC(=NCCS(N)(=O)=O)NCCc1cccc(C(=O)NC)c1. The van der Waals surface area contributed by atoms with Gasteiger partial charge in [0.1, 0.15) is 0 Å². The van der Waals surface area contributed by atoms with Gasteiger partial charge in [0.2, 0.25) is 10.0 Å². The third-order valence-electron chi connectivity index (χ3n) is 3.11.